The summed E-state index contributed by atoms with van der Waals surface area (Å²) in [7, 11) is 0. The van der Waals surface area contributed by atoms with Crippen LogP contribution in [0, 0.1) is 6.92 Å². The van der Waals surface area contributed by atoms with Crippen molar-refractivity contribution >= 4 is 11.6 Å². The number of hydrogen-bond donors (Lipinski definition) is 1. The van der Waals surface area contributed by atoms with E-state index in [1.807, 2.05) is 0 Å². The first-order chi connectivity index (χ1) is 16.1. The van der Waals surface area contributed by atoms with Crippen LogP contribution in [-0.2, 0) is 6.54 Å². The minimum atomic E-state index is -2.60. The van der Waals surface area contributed by atoms with E-state index >= 15 is 0 Å². The molecule has 0 spiro atoms. The van der Waals surface area contributed by atoms with E-state index in [1.54, 1.807) is 80.3 Å². The van der Waals surface area contributed by atoms with Crippen molar-refractivity contribution in [1.29, 1.82) is 0 Å². The van der Waals surface area contributed by atoms with Crippen molar-refractivity contribution in [3.63, 3.8) is 0 Å². The van der Waals surface area contributed by atoms with Gasteiger partial charge in [-0.05, 0) is 63.2 Å². The Bertz CT molecular complexity index is 1190. The maximum absolute atomic E-state index is 13.3. The Morgan fingerprint density at radius 2 is 1.79 bits per heavy atom. The zero-order valence-electron chi connectivity index (χ0n) is 19.2. The molecular formula is C26H26F2N2O4. The predicted molar refractivity (Wildman–Crippen MR) is 125 cm³/mol. The Kier molecular flexibility index (Phi) is 6.52. The first-order valence-corrected chi connectivity index (χ1v) is 10.9. The Hall–Kier alpha value is -3.52. The fourth-order valence-corrected chi connectivity index (χ4v) is 3.78. The van der Waals surface area contributed by atoms with Gasteiger partial charge in [0, 0.05) is 28.1 Å². The number of ether oxygens (including phenoxy) is 2. The highest BCUT2D eigenvalue weighted by atomic mass is 19.3. The largest absolute Gasteiger partial charge is 0.491 e. The van der Waals surface area contributed by atoms with Crippen LogP contribution in [0.15, 0.2) is 54.6 Å². The predicted octanol–water partition coefficient (Wildman–Crippen LogP) is 5.01. The molecule has 8 heteroatoms. The molecule has 0 unspecified atom stereocenters. The third-order valence-electron chi connectivity index (χ3n) is 5.29. The quantitative estimate of drug-likeness (QED) is 0.503. The van der Waals surface area contributed by atoms with Gasteiger partial charge in [0.05, 0.1) is 17.8 Å². The molecule has 0 saturated carbocycles. The number of hydrogen-bond acceptors (Lipinski definition) is 5. The summed E-state index contributed by atoms with van der Waals surface area (Å²) in [5.41, 5.74) is 2.71. The summed E-state index contributed by atoms with van der Waals surface area (Å²) in [6.07, 6.45) is -2.60. The number of aryl methyl sites for hydroxylation is 1. The number of alkyl halides is 2. The van der Waals surface area contributed by atoms with Crippen LogP contribution in [-0.4, -0.2) is 41.2 Å². The lowest BCUT2D eigenvalue weighted by atomic mass is 10.0. The van der Waals surface area contributed by atoms with Gasteiger partial charge in [0.1, 0.15) is 24.7 Å². The summed E-state index contributed by atoms with van der Waals surface area (Å²) >= 11 is 0. The normalized spacial score (nSPS) is 13.4. The van der Waals surface area contributed by atoms with Gasteiger partial charge in [0.15, 0.2) is 0 Å². The molecule has 2 heterocycles. The fourth-order valence-electron chi connectivity index (χ4n) is 3.78. The maximum atomic E-state index is 13.3. The zero-order chi connectivity index (χ0) is 24.5. The number of aliphatic hydroxyl groups is 1. The van der Waals surface area contributed by atoms with Gasteiger partial charge in [-0.1, -0.05) is 12.1 Å². The molecule has 2 aromatic carbocycles. The Morgan fingerprint density at radius 3 is 2.47 bits per heavy atom. The van der Waals surface area contributed by atoms with Crippen molar-refractivity contribution in [3.05, 3.63) is 71.4 Å². The average molecular weight is 469 g/mol. The summed E-state index contributed by atoms with van der Waals surface area (Å²) in [6, 6.07) is 15.7. The van der Waals surface area contributed by atoms with E-state index in [0.29, 0.717) is 45.3 Å². The number of anilines is 1. The van der Waals surface area contributed by atoms with E-state index in [1.165, 1.54) is 0 Å². The van der Waals surface area contributed by atoms with Crippen LogP contribution in [0.4, 0.5) is 14.5 Å². The molecular weight excluding hydrogens is 442 g/mol. The van der Waals surface area contributed by atoms with E-state index in [2.05, 4.69) is 4.98 Å². The van der Waals surface area contributed by atoms with Crippen molar-refractivity contribution in [3.8, 4) is 22.8 Å². The van der Waals surface area contributed by atoms with Gasteiger partial charge in [0.2, 0.25) is 0 Å². The Morgan fingerprint density at radius 1 is 1.09 bits per heavy atom. The molecule has 178 valence electrons. The number of benzene rings is 2. The molecule has 1 aliphatic rings. The third kappa shape index (κ3) is 5.17. The van der Waals surface area contributed by atoms with Crippen molar-refractivity contribution < 1.29 is 28.2 Å². The maximum Gasteiger partial charge on any atom is 0.272 e. The summed E-state index contributed by atoms with van der Waals surface area (Å²) in [4.78, 5) is 19.6. The highest BCUT2D eigenvalue weighted by molar-refractivity contribution is 6.11. The SMILES string of the molecule is Cc1cc2c(c(-c3ccccc3OCC(F)F)n1)CN(c1ccc(OCC(C)(C)O)cc1)C2=O. The second-order valence-corrected chi connectivity index (χ2v) is 8.82. The molecule has 34 heavy (non-hydrogen) atoms. The number of pyridine rings is 1. The molecule has 0 bridgehead atoms. The standard InChI is InChI=1S/C26H26F2N2O4/c1-16-12-20-21(24(29-16)19-6-4-5-7-22(19)33-14-23(27)28)13-30(25(20)31)17-8-10-18(11-9-17)34-15-26(2,3)32/h4-12,23,32H,13-15H2,1-3H3. The highest BCUT2D eigenvalue weighted by Crippen LogP contribution is 2.38. The number of carbonyl (C=O) groups excluding carboxylic acids is 1. The lowest BCUT2D eigenvalue weighted by molar-refractivity contribution is 0.0285. The molecule has 1 aromatic heterocycles. The molecule has 1 amide bonds. The molecule has 0 atom stereocenters. The Balaban J connectivity index is 1.64. The number of nitrogens with zero attached hydrogens (tertiary/aromatic N) is 2. The van der Waals surface area contributed by atoms with Crippen LogP contribution < -0.4 is 14.4 Å². The van der Waals surface area contributed by atoms with Gasteiger partial charge < -0.3 is 19.5 Å². The molecule has 0 fully saturated rings. The molecule has 1 aliphatic heterocycles. The van der Waals surface area contributed by atoms with Crippen molar-refractivity contribution in [1.82, 2.24) is 4.98 Å². The smallest absolute Gasteiger partial charge is 0.272 e. The number of carbonyl (C=O) groups is 1. The van der Waals surface area contributed by atoms with Crippen molar-refractivity contribution in [2.45, 2.75) is 39.3 Å². The minimum Gasteiger partial charge on any atom is -0.491 e. The molecule has 0 saturated heterocycles. The first kappa shape index (κ1) is 23.6. The lowest BCUT2D eigenvalue weighted by Gasteiger charge is -2.19. The second-order valence-electron chi connectivity index (χ2n) is 8.82. The monoisotopic (exact) mass is 468 g/mol. The molecule has 4 rings (SSSR count). The number of amides is 1. The van der Waals surface area contributed by atoms with E-state index in [9.17, 15) is 18.7 Å². The number of para-hydroxylation sites is 1. The molecule has 0 aliphatic carbocycles. The summed E-state index contributed by atoms with van der Waals surface area (Å²) in [5, 5.41) is 9.83. The fraction of sp³-hybridized carbons (Fsp3) is 0.308. The van der Waals surface area contributed by atoms with Crippen molar-refractivity contribution in [2.24, 2.45) is 0 Å². The van der Waals surface area contributed by atoms with E-state index in [4.69, 9.17) is 9.47 Å². The molecule has 6 nitrogen and oxygen atoms in total. The van der Waals surface area contributed by atoms with Crippen molar-refractivity contribution in [2.75, 3.05) is 18.1 Å². The number of halogens is 2. The second kappa shape index (κ2) is 9.38. The average Bonchev–Trinajstić information content (AvgIpc) is 3.12. The van der Waals surface area contributed by atoms with Gasteiger partial charge in [-0.25, -0.2) is 8.78 Å². The minimum absolute atomic E-state index is 0.141. The number of fused-ring (bicyclic) bond motifs is 1. The van der Waals surface area contributed by atoms with Crippen LogP contribution in [0.3, 0.4) is 0 Å². The topological polar surface area (TPSA) is 71.9 Å². The zero-order valence-corrected chi connectivity index (χ0v) is 19.2. The van der Waals surface area contributed by atoms with Gasteiger partial charge in [0.25, 0.3) is 12.3 Å². The van der Waals surface area contributed by atoms with Gasteiger partial charge >= 0.3 is 0 Å². The summed E-state index contributed by atoms with van der Waals surface area (Å²) in [5.74, 6) is 0.707. The number of rotatable bonds is 8. The van der Waals surface area contributed by atoms with Crippen LogP contribution in [0.2, 0.25) is 0 Å². The lowest BCUT2D eigenvalue weighted by Crippen LogP contribution is -2.27. The third-order valence-corrected chi connectivity index (χ3v) is 5.29. The summed E-state index contributed by atoms with van der Waals surface area (Å²) < 4.78 is 36.4. The number of aromatic nitrogens is 1. The van der Waals surface area contributed by atoms with E-state index < -0.39 is 18.6 Å². The van der Waals surface area contributed by atoms with E-state index in [-0.39, 0.29) is 19.1 Å². The highest BCUT2D eigenvalue weighted by Gasteiger charge is 2.32. The molecule has 1 N–H and O–H groups in total. The Labute approximate surface area is 196 Å². The first-order valence-electron chi connectivity index (χ1n) is 10.9. The van der Waals surface area contributed by atoms with Crippen LogP contribution in [0.5, 0.6) is 11.5 Å². The van der Waals surface area contributed by atoms with Crippen LogP contribution >= 0.6 is 0 Å². The van der Waals surface area contributed by atoms with Crippen LogP contribution in [0.1, 0.15) is 35.5 Å². The molecule has 0 radical (unpaired) electrons. The van der Waals surface area contributed by atoms with Gasteiger partial charge in [-0.2, -0.15) is 0 Å². The van der Waals surface area contributed by atoms with E-state index in [0.717, 1.165) is 0 Å². The van der Waals surface area contributed by atoms with Gasteiger partial charge in [-0.15, -0.1) is 0 Å². The summed E-state index contributed by atoms with van der Waals surface area (Å²) in [6.45, 7) is 4.80. The van der Waals surface area contributed by atoms with Gasteiger partial charge in [-0.3, -0.25) is 9.78 Å². The van der Waals surface area contributed by atoms with Crippen LogP contribution in [0.25, 0.3) is 11.3 Å². The molecule has 3 aromatic rings.